The first-order chi connectivity index (χ1) is 10.5. The van der Waals surface area contributed by atoms with E-state index in [0.29, 0.717) is 6.54 Å². The van der Waals surface area contributed by atoms with E-state index >= 15 is 0 Å². The van der Waals surface area contributed by atoms with E-state index in [1.807, 2.05) is 30.3 Å². The van der Waals surface area contributed by atoms with E-state index in [9.17, 15) is 13.2 Å². The predicted octanol–water partition coefficient (Wildman–Crippen LogP) is 1.97. The highest BCUT2D eigenvalue weighted by Crippen LogP contribution is 2.25. The molecule has 130 valence electrons. The van der Waals surface area contributed by atoms with Gasteiger partial charge >= 0.3 is 0 Å². The van der Waals surface area contributed by atoms with Crippen molar-refractivity contribution in [1.29, 1.82) is 0 Å². The lowest BCUT2D eigenvalue weighted by Crippen LogP contribution is -2.33. The van der Waals surface area contributed by atoms with Crippen molar-refractivity contribution < 1.29 is 13.2 Å². The summed E-state index contributed by atoms with van der Waals surface area (Å²) < 4.78 is 24.2. The second-order valence-electron chi connectivity index (χ2n) is 5.84. The van der Waals surface area contributed by atoms with Crippen LogP contribution >= 0.6 is 12.4 Å². The minimum Gasteiger partial charge on any atom is -0.354 e. The maximum absolute atomic E-state index is 12.1. The number of nitrogens with one attached hydrogen (secondary N) is 1. The second kappa shape index (κ2) is 9.25. The molecule has 1 aliphatic carbocycles. The zero-order valence-corrected chi connectivity index (χ0v) is 14.7. The minimum atomic E-state index is -3.14. The van der Waals surface area contributed by atoms with Crippen LogP contribution in [0.3, 0.4) is 0 Å². The fourth-order valence-electron chi connectivity index (χ4n) is 2.78. The maximum atomic E-state index is 12.1. The first-order valence-corrected chi connectivity index (χ1v) is 9.49. The van der Waals surface area contributed by atoms with Gasteiger partial charge in [-0.05, 0) is 18.4 Å². The van der Waals surface area contributed by atoms with Gasteiger partial charge in [-0.1, -0.05) is 43.2 Å². The quantitative estimate of drug-likeness (QED) is 0.778. The SMILES string of the molecule is Cl.NC(CNC(=O)CCS(=O)(=O)C1CCCC1)c1ccccc1. The van der Waals surface area contributed by atoms with Crippen LogP contribution in [0.25, 0.3) is 0 Å². The van der Waals surface area contributed by atoms with E-state index < -0.39 is 9.84 Å². The van der Waals surface area contributed by atoms with Crippen LogP contribution < -0.4 is 11.1 Å². The molecule has 1 aliphatic rings. The molecule has 0 radical (unpaired) electrons. The number of sulfone groups is 1. The Kier molecular flexibility index (Phi) is 8.02. The Morgan fingerprint density at radius 2 is 1.83 bits per heavy atom. The van der Waals surface area contributed by atoms with Gasteiger partial charge in [0.1, 0.15) is 0 Å². The maximum Gasteiger partial charge on any atom is 0.221 e. The monoisotopic (exact) mass is 360 g/mol. The van der Waals surface area contributed by atoms with Crippen molar-refractivity contribution in [2.24, 2.45) is 5.73 Å². The lowest BCUT2D eigenvalue weighted by molar-refractivity contribution is -0.120. The van der Waals surface area contributed by atoms with Gasteiger partial charge in [0.25, 0.3) is 0 Å². The van der Waals surface area contributed by atoms with E-state index in [4.69, 9.17) is 5.73 Å². The summed E-state index contributed by atoms with van der Waals surface area (Å²) in [5.74, 6) is -0.322. The third kappa shape index (κ3) is 6.12. The summed E-state index contributed by atoms with van der Waals surface area (Å²) in [4.78, 5) is 11.8. The molecular weight excluding hydrogens is 336 g/mol. The van der Waals surface area contributed by atoms with Gasteiger partial charge in [0.15, 0.2) is 9.84 Å². The number of benzene rings is 1. The third-order valence-corrected chi connectivity index (χ3v) is 6.43. The van der Waals surface area contributed by atoms with Gasteiger partial charge in [0, 0.05) is 19.0 Å². The van der Waals surface area contributed by atoms with Crippen molar-refractivity contribution in [1.82, 2.24) is 5.32 Å². The Labute approximate surface area is 144 Å². The van der Waals surface area contributed by atoms with E-state index in [-0.39, 0.29) is 41.8 Å². The molecule has 1 atom stereocenters. The topological polar surface area (TPSA) is 89.3 Å². The number of nitrogens with two attached hydrogens (primary N) is 1. The highest BCUT2D eigenvalue weighted by Gasteiger charge is 2.28. The van der Waals surface area contributed by atoms with E-state index in [2.05, 4.69) is 5.32 Å². The van der Waals surface area contributed by atoms with E-state index in [0.717, 1.165) is 31.2 Å². The highest BCUT2D eigenvalue weighted by molar-refractivity contribution is 7.92. The summed E-state index contributed by atoms with van der Waals surface area (Å²) in [7, 11) is -3.14. The van der Waals surface area contributed by atoms with Gasteiger partial charge in [-0.3, -0.25) is 4.79 Å². The molecule has 3 N–H and O–H groups in total. The van der Waals surface area contributed by atoms with E-state index in [1.54, 1.807) is 0 Å². The number of carbonyl (C=O) groups excluding carboxylic acids is 1. The standard InChI is InChI=1S/C16H24N2O3S.ClH/c17-15(13-6-2-1-3-7-13)12-18-16(19)10-11-22(20,21)14-8-4-5-9-14;/h1-3,6-7,14-15H,4-5,8-12,17H2,(H,18,19);1H. The van der Waals surface area contributed by atoms with Crippen LogP contribution in [0, 0.1) is 0 Å². The Balaban J connectivity index is 0.00000264. The molecule has 1 fully saturated rings. The number of hydrogen-bond donors (Lipinski definition) is 2. The van der Waals surface area contributed by atoms with Gasteiger partial charge in [-0.15, -0.1) is 12.4 Å². The number of hydrogen-bond acceptors (Lipinski definition) is 4. The molecule has 0 aromatic heterocycles. The summed E-state index contributed by atoms with van der Waals surface area (Å²) in [6, 6.07) is 9.22. The van der Waals surface area contributed by atoms with Crippen LogP contribution in [-0.2, 0) is 14.6 Å². The predicted molar refractivity (Wildman–Crippen MR) is 94.3 cm³/mol. The summed E-state index contributed by atoms with van der Waals surface area (Å²) >= 11 is 0. The second-order valence-corrected chi connectivity index (χ2v) is 8.25. The van der Waals surface area contributed by atoms with Crippen LogP contribution in [0.5, 0.6) is 0 Å². The summed E-state index contributed by atoms with van der Waals surface area (Å²) in [5, 5.41) is 2.47. The van der Waals surface area contributed by atoms with Gasteiger partial charge in [0.2, 0.25) is 5.91 Å². The Bertz CT molecular complexity index is 587. The molecular formula is C16H25ClN2O3S. The van der Waals surface area contributed by atoms with Crippen LogP contribution in [0.4, 0.5) is 0 Å². The Hall–Kier alpha value is -1.11. The van der Waals surface area contributed by atoms with Crippen molar-refractivity contribution in [2.45, 2.75) is 43.4 Å². The minimum absolute atomic E-state index is 0. The first kappa shape index (κ1) is 19.9. The molecule has 1 aromatic rings. The molecule has 1 amide bonds. The Morgan fingerprint density at radius 3 is 2.43 bits per heavy atom. The zero-order valence-electron chi connectivity index (χ0n) is 13.1. The lowest BCUT2D eigenvalue weighted by atomic mass is 10.1. The van der Waals surface area contributed by atoms with Gasteiger partial charge in [-0.25, -0.2) is 8.42 Å². The highest BCUT2D eigenvalue weighted by atomic mass is 35.5. The zero-order chi connectivity index (χ0) is 16.0. The fourth-order valence-corrected chi connectivity index (χ4v) is 4.63. The molecule has 0 heterocycles. The van der Waals surface area contributed by atoms with Crippen molar-refractivity contribution in [2.75, 3.05) is 12.3 Å². The van der Waals surface area contributed by atoms with E-state index in [1.165, 1.54) is 0 Å². The molecule has 1 aromatic carbocycles. The van der Waals surface area contributed by atoms with Crippen LogP contribution in [0.15, 0.2) is 30.3 Å². The Morgan fingerprint density at radius 1 is 1.22 bits per heavy atom. The number of rotatable bonds is 7. The molecule has 23 heavy (non-hydrogen) atoms. The number of amides is 1. The van der Waals surface area contributed by atoms with Crippen LogP contribution in [-0.4, -0.2) is 31.9 Å². The molecule has 1 unspecified atom stereocenters. The summed E-state index contributed by atoms with van der Waals surface area (Å²) in [6.45, 7) is 0.312. The fraction of sp³-hybridized carbons (Fsp3) is 0.562. The van der Waals surface area contributed by atoms with Crippen molar-refractivity contribution in [3.05, 3.63) is 35.9 Å². The lowest BCUT2D eigenvalue weighted by Gasteiger charge is -2.14. The average Bonchev–Trinajstić information content (AvgIpc) is 3.07. The largest absolute Gasteiger partial charge is 0.354 e. The molecule has 0 saturated heterocycles. The number of carbonyl (C=O) groups is 1. The smallest absolute Gasteiger partial charge is 0.221 e. The van der Waals surface area contributed by atoms with Gasteiger partial charge in [0.05, 0.1) is 11.0 Å². The summed E-state index contributed by atoms with van der Waals surface area (Å²) in [5.41, 5.74) is 6.94. The third-order valence-electron chi connectivity index (χ3n) is 4.17. The molecule has 2 rings (SSSR count). The van der Waals surface area contributed by atoms with Crippen molar-refractivity contribution in [3.63, 3.8) is 0 Å². The van der Waals surface area contributed by atoms with Gasteiger partial charge < -0.3 is 11.1 Å². The van der Waals surface area contributed by atoms with Gasteiger partial charge in [-0.2, -0.15) is 0 Å². The normalized spacial score (nSPS) is 16.6. The average molecular weight is 361 g/mol. The first-order valence-electron chi connectivity index (χ1n) is 7.78. The summed E-state index contributed by atoms with van der Waals surface area (Å²) in [6.07, 6.45) is 3.44. The van der Waals surface area contributed by atoms with Crippen LogP contribution in [0.2, 0.25) is 0 Å². The molecule has 0 spiro atoms. The number of halogens is 1. The molecule has 5 nitrogen and oxygen atoms in total. The van der Waals surface area contributed by atoms with Crippen LogP contribution in [0.1, 0.15) is 43.7 Å². The molecule has 0 aliphatic heterocycles. The molecule has 1 saturated carbocycles. The molecule has 7 heteroatoms. The van der Waals surface area contributed by atoms with Crippen molar-refractivity contribution in [3.8, 4) is 0 Å². The van der Waals surface area contributed by atoms with Crippen molar-refractivity contribution >= 4 is 28.2 Å². The molecule has 0 bridgehead atoms.